The number of carboxylic acid groups (broad SMARTS) is 2. The second-order valence-electron chi connectivity index (χ2n) is 13.6. The molecule has 8 rings (SSSR count). The van der Waals surface area contributed by atoms with Gasteiger partial charge in [0.2, 0.25) is 11.5 Å². The molecule has 2 fully saturated rings. The van der Waals surface area contributed by atoms with Gasteiger partial charge in [0.25, 0.3) is 17.7 Å². The van der Waals surface area contributed by atoms with Gasteiger partial charge in [-0.1, -0.05) is 96.2 Å². The van der Waals surface area contributed by atoms with Crippen LogP contribution in [0, 0.1) is 0 Å². The summed E-state index contributed by atoms with van der Waals surface area (Å²) in [4.78, 5) is 84.5. The molecule has 322 valence electrons. The fourth-order valence-electron chi connectivity index (χ4n) is 6.94. The number of alkyl halides is 3. The third kappa shape index (κ3) is 9.00. The number of carbonyl (C=O) groups is 5. The summed E-state index contributed by atoms with van der Waals surface area (Å²) in [5, 5.41) is 25.7. The second-order valence-corrected chi connectivity index (χ2v) is 15.6. The molecule has 63 heavy (non-hydrogen) atoms. The number of hydrogen-bond donors (Lipinski definition) is 4. The van der Waals surface area contributed by atoms with E-state index in [1.54, 1.807) is 11.4 Å². The number of carbonyl (C=O) groups excluding carboxylic acids is 3. The number of halogens is 3. The normalized spacial score (nSPS) is 18.3. The number of nitrogens with one attached hydrogen (secondary N) is 1. The monoisotopic (exact) mass is 898 g/mol. The predicted octanol–water partition coefficient (Wildman–Crippen LogP) is 4.96. The van der Waals surface area contributed by atoms with E-state index in [4.69, 9.17) is 20.5 Å². The molecule has 3 amide bonds. The van der Waals surface area contributed by atoms with Crippen LogP contribution >= 0.6 is 23.1 Å². The molecular formula is C42H33F3N8O8S2. The summed E-state index contributed by atoms with van der Waals surface area (Å²) < 4.78 is 31.7. The molecule has 16 nitrogen and oxygen atoms in total. The summed E-state index contributed by atoms with van der Waals surface area (Å²) in [6.45, 7) is 0.332. The highest BCUT2D eigenvalue weighted by atomic mass is 32.2. The van der Waals surface area contributed by atoms with Crippen LogP contribution in [0.3, 0.4) is 0 Å². The van der Waals surface area contributed by atoms with E-state index in [0.29, 0.717) is 24.1 Å². The molecule has 2 atom stereocenters. The molecule has 5 N–H and O–H groups in total. The maximum absolute atomic E-state index is 14.2. The molecule has 2 aromatic heterocycles. The first-order chi connectivity index (χ1) is 30.2. The number of β-lactam (4-membered cyclic amide) rings is 1. The third-order valence-corrected chi connectivity index (χ3v) is 11.8. The zero-order valence-corrected chi connectivity index (χ0v) is 34.0. The summed E-state index contributed by atoms with van der Waals surface area (Å²) in [5.41, 5.74) is 7.23. The molecule has 3 aliphatic rings. The van der Waals surface area contributed by atoms with E-state index in [0.717, 1.165) is 32.9 Å². The summed E-state index contributed by atoms with van der Waals surface area (Å²) in [7, 11) is 0. The largest absolute Gasteiger partial charge is 0.490 e. The van der Waals surface area contributed by atoms with E-state index in [1.807, 2.05) is 91.0 Å². The van der Waals surface area contributed by atoms with E-state index in [2.05, 4.69) is 25.4 Å². The van der Waals surface area contributed by atoms with E-state index in [-0.39, 0.29) is 39.8 Å². The molecule has 2 saturated heterocycles. The van der Waals surface area contributed by atoms with Crippen molar-refractivity contribution in [1.82, 2.24) is 25.2 Å². The first-order valence-corrected chi connectivity index (χ1v) is 20.6. The molecule has 3 aliphatic heterocycles. The highest BCUT2D eigenvalue weighted by molar-refractivity contribution is 8.00. The van der Waals surface area contributed by atoms with Crippen LogP contribution in [0.5, 0.6) is 0 Å². The molecule has 0 unspecified atom stereocenters. The van der Waals surface area contributed by atoms with Gasteiger partial charge in [-0.15, -0.1) is 23.1 Å². The van der Waals surface area contributed by atoms with Crippen LogP contribution in [0.4, 0.5) is 24.3 Å². The minimum Gasteiger partial charge on any atom is -0.477 e. The maximum atomic E-state index is 14.2. The zero-order valence-electron chi connectivity index (χ0n) is 32.4. The van der Waals surface area contributed by atoms with Gasteiger partial charge in [-0.2, -0.15) is 13.2 Å². The highest BCUT2D eigenvalue weighted by Gasteiger charge is 2.54. The van der Waals surface area contributed by atoms with Crippen LogP contribution in [0.2, 0.25) is 0 Å². The smallest absolute Gasteiger partial charge is 0.477 e. The van der Waals surface area contributed by atoms with Gasteiger partial charge in [0.1, 0.15) is 22.8 Å². The molecule has 5 heterocycles. The summed E-state index contributed by atoms with van der Waals surface area (Å²) in [5.74, 6) is -5.41. The van der Waals surface area contributed by atoms with E-state index < -0.39 is 46.9 Å². The number of amides is 3. The van der Waals surface area contributed by atoms with Crippen molar-refractivity contribution in [3.05, 3.63) is 160 Å². The Balaban J connectivity index is 0.000000785. The highest BCUT2D eigenvalue weighted by Crippen LogP contribution is 2.43. The fourth-order valence-corrected chi connectivity index (χ4v) is 8.79. The van der Waals surface area contributed by atoms with Crippen LogP contribution in [0.25, 0.3) is 0 Å². The molecule has 0 bridgehead atoms. The average Bonchev–Trinajstić information content (AvgIpc) is 3.89. The van der Waals surface area contributed by atoms with Gasteiger partial charge in [-0.3, -0.25) is 24.2 Å². The number of thiazole rings is 1. The number of aromatic nitrogens is 3. The molecule has 0 radical (unpaired) electrons. The van der Waals surface area contributed by atoms with Crippen LogP contribution < -0.4 is 16.0 Å². The zero-order chi connectivity index (χ0) is 44.9. The van der Waals surface area contributed by atoms with Crippen molar-refractivity contribution in [1.29, 1.82) is 0 Å². The van der Waals surface area contributed by atoms with Crippen molar-refractivity contribution in [2.45, 2.75) is 29.6 Å². The van der Waals surface area contributed by atoms with Crippen molar-refractivity contribution in [2.75, 3.05) is 22.9 Å². The van der Waals surface area contributed by atoms with Crippen molar-refractivity contribution in [3.8, 4) is 0 Å². The Morgan fingerprint density at radius 2 is 1.44 bits per heavy atom. The summed E-state index contributed by atoms with van der Waals surface area (Å²) in [6.07, 6.45) is -0.136. The molecule has 0 saturated carbocycles. The lowest BCUT2D eigenvalue weighted by Gasteiger charge is -2.49. The number of thioether (sulfide) groups is 1. The van der Waals surface area contributed by atoms with E-state index in [9.17, 15) is 37.5 Å². The van der Waals surface area contributed by atoms with Crippen LogP contribution in [-0.4, -0.2) is 95.3 Å². The topological polar surface area (TPSA) is 231 Å². The van der Waals surface area contributed by atoms with Gasteiger partial charge < -0.3 is 26.1 Å². The van der Waals surface area contributed by atoms with Crippen LogP contribution in [0.1, 0.15) is 28.8 Å². The van der Waals surface area contributed by atoms with E-state index in [1.165, 1.54) is 35.1 Å². The van der Waals surface area contributed by atoms with Gasteiger partial charge in [0.05, 0.1) is 0 Å². The molecule has 21 heteroatoms. The number of fused-ring (bicyclic) bond motifs is 1. The van der Waals surface area contributed by atoms with Crippen LogP contribution in [0.15, 0.2) is 143 Å². The van der Waals surface area contributed by atoms with Gasteiger partial charge in [0, 0.05) is 52.3 Å². The Hall–Kier alpha value is -7.39. The Kier molecular flexibility index (Phi) is 12.7. The number of hydrogen-bond acceptors (Lipinski definition) is 13. The summed E-state index contributed by atoms with van der Waals surface area (Å²) >= 11 is 2.37. The number of aliphatic carboxylic acids is 2. The molecular weight excluding hydrogens is 866 g/mol. The molecule has 3 aromatic carbocycles. The van der Waals surface area contributed by atoms with Gasteiger partial charge in [-0.25, -0.2) is 24.5 Å². The first-order valence-electron chi connectivity index (χ1n) is 18.7. The number of nitrogens with zero attached hydrogens (tertiary/aromatic N) is 6. The first kappa shape index (κ1) is 43.7. The quantitative estimate of drug-likeness (QED) is 0.0452. The Morgan fingerprint density at radius 1 is 0.889 bits per heavy atom. The minimum absolute atomic E-state index is 0.129. The SMILES string of the molecule is Nc1nc(C(=NOC(c2ccccc2)(c2ccccc2)c2ccccc2)C(=O)N[C@@H]2C(=O)N3C(C(=O)O)=C(C=C4CCN(c5ncccn5)C4=O)CS[C@H]23)cs1.O=C(O)C(F)(F)F. The number of nitrogen functional groups attached to an aromatic ring is 1. The predicted molar refractivity (Wildman–Crippen MR) is 224 cm³/mol. The van der Waals surface area contributed by atoms with E-state index >= 15 is 0 Å². The third-order valence-electron chi connectivity index (χ3n) is 9.79. The Labute approximate surface area is 363 Å². The van der Waals surface area contributed by atoms with Crippen molar-refractivity contribution in [3.63, 3.8) is 0 Å². The average molecular weight is 899 g/mol. The standard InChI is InChI=1S/C40H32N8O6S2.C2HF3O2/c41-38-44-29(23-56-38)30(46-54-40(26-11-4-1-5-12-26,27-13-6-2-7-14-27)28-15-8-3-9-16-28)33(49)45-31-35(51)48-32(37(52)53)25(22-55-36(31)48)21-24-17-20-47(34(24)50)39-42-18-10-19-43-39;3-2(4,5)1(6)7/h1-16,18-19,21,23,31,36H,17,20,22H2,(H2,41,44)(H,45,49)(H,52,53);(H,6,7)/t31-,36-;/m1./s1. The maximum Gasteiger partial charge on any atom is 0.490 e. The lowest BCUT2D eigenvalue weighted by atomic mass is 9.80. The lowest BCUT2D eigenvalue weighted by molar-refractivity contribution is -0.192. The Bertz CT molecular complexity index is 2540. The number of rotatable bonds is 11. The van der Waals surface area contributed by atoms with Gasteiger partial charge >= 0.3 is 18.1 Å². The van der Waals surface area contributed by atoms with Crippen molar-refractivity contribution in [2.24, 2.45) is 5.16 Å². The number of oxime groups is 1. The molecule has 0 spiro atoms. The minimum atomic E-state index is -5.08. The lowest BCUT2D eigenvalue weighted by Crippen LogP contribution is -2.71. The number of anilines is 2. The molecule has 0 aliphatic carbocycles. The van der Waals surface area contributed by atoms with Crippen molar-refractivity contribution < 1.29 is 52.2 Å². The molecule has 5 aromatic rings. The number of nitrogens with two attached hydrogens (primary N) is 1. The fraction of sp³-hybridized carbons (Fsp3) is 0.167. The second kappa shape index (κ2) is 18.3. The Morgan fingerprint density at radius 3 is 1.94 bits per heavy atom. The number of carboxylic acids is 2. The number of allylic oxidation sites excluding steroid dienone is 1. The van der Waals surface area contributed by atoms with Crippen LogP contribution in [-0.2, 0) is 34.4 Å². The summed E-state index contributed by atoms with van der Waals surface area (Å²) in [6, 6.07) is 29.0. The van der Waals surface area contributed by atoms with Gasteiger partial charge in [-0.05, 0) is 24.1 Å². The van der Waals surface area contributed by atoms with Crippen molar-refractivity contribution >= 4 is 69.6 Å². The van der Waals surface area contributed by atoms with Gasteiger partial charge in [0.15, 0.2) is 10.8 Å². The number of benzene rings is 3.